The highest BCUT2D eigenvalue weighted by molar-refractivity contribution is 7.98. The zero-order valence-electron chi connectivity index (χ0n) is 9.85. The van der Waals surface area contributed by atoms with Crippen LogP contribution in [0.5, 0.6) is 0 Å². The van der Waals surface area contributed by atoms with Gasteiger partial charge in [-0.05, 0) is 6.92 Å². The van der Waals surface area contributed by atoms with Crippen LogP contribution in [-0.2, 0) is 5.75 Å². The molecule has 0 saturated carbocycles. The number of carbonyl (C=O) groups excluding carboxylic acids is 1. The van der Waals surface area contributed by atoms with Crippen LogP contribution in [0.25, 0.3) is 5.78 Å². The van der Waals surface area contributed by atoms with Crippen molar-refractivity contribution in [1.82, 2.24) is 29.9 Å². The maximum absolute atomic E-state index is 10.6. The Morgan fingerprint density at radius 3 is 3.11 bits per heavy atom. The number of rotatable bonds is 4. The second-order valence-corrected chi connectivity index (χ2v) is 4.67. The normalized spacial score (nSPS) is 11.0. The number of nitrogens with zero attached hydrogens (tertiary/aromatic N) is 6. The molecule has 0 unspecified atom stereocenters. The predicted octanol–water partition coefficient (Wildman–Crippen LogP) is 0.921. The van der Waals surface area contributed by atoms with E-state index in [1.165, 1.54) is 22.5 Å². The van der Waals surface area contributed by atoms with E-state index in [0.717, 1.165) is 11.4 Å². The maximum atomic E-state index is 10.6. The van der Waals surface area contributed by atoms with Crippen LogP contribution in [-0.4, -0.2) is 36.2 Å². The monoisotopic (exact) mass is 276 g/mol. The fourth-order valence-corrected chi connectivity index (χ4v) is 2.23. The highest BCUT2D eigenvalue weighted by Gasteiger charge is 2.10. The first-order valence-corrected chi connectivity index (χ1v) is 6.33. The molecule has 0 aliphatic rings. The van der Waals surface area contributed by atoms with Crippen LogP contribution in [0, 0.1) is 6.92 Å². The molecule has 0 N–H and O–H groups in total. The second-order valence-electron chi connectivity index (χ2n) is 3.73. The molecule has 96 valence electrons. The van der Waals surface area contributed by atoms with Crippen LogP contribution in [0.4, 0.5) is 0 Å². The SMILES string of the molecule is Cc1nonc1CSc1nc2ncc(C=O)cn2n1. The average Bonchev–Trinajstić information content (AvgIpc) is 3.01. The van der Waals surface area contributed by atoms with E-state index in [2.05, 4.69) is 30.0 Å². The number of carbonyl (C=O) groups is 1. The quantitative estimate of drug-likeness (QED) is 0.512. The Balaban J connectivity index is 1.81. The van der Waals surface area contributed by atoms with E-state index in [1.807, 2.05) is 6.92 Å². The minimum atomic E-state index is 0.447. The summed E-state index contributed by atoms with van der Waals surface area (Å²) in [4.78, 5) is 18.9. The Morgan fingerprint density at radius 2 is 2.37 bits per heavy atom. The molecule has 0 bridgehead atoms. The lowest BCUT2D eigenvalue weighted by Gasteiger charge is -1.91. The van der Waals surface area contributed by atoms with Gasteiger partial charge >= 0.3 is 0 Å². The minimum absolute atomic E-state index is 0.447. The van der Waals surface area contributed by atoms with E-state index in [0.29, 0.717) is 28.5 Å². The van der Waals surface area contributed by atoms with Crippen LogP contribution in [0.3, 0.4) is 0 Å². The summed E-state index contributed by atoms with van der Waals surface area (Å²) >= 11 is 1.40. The van der Waals surface area contributed by atoms with E-state index in [-0.39, 0.29) is 0 Å². The van der Waals surface area contributed by atoms with Crippen molar-refractivity contribution in [2.45, 2.75) is 17.8 Å². The maximum Gasteiger partial charge on any atom is 0.253 e. The van der Waals surface area contributed by atoms with Crippen LogP contribution in [0.1, 0.15) is 21.7 Å². The smallest absolute Gasteiger partial charge is 0.253 e. The van der Waals surface area contributed by atoms with E-state index >= 15 is 0 Å². The Labute approximate surface area is 111 Å². The number of hydrogen-bond donors (Lipinski definition) is 0. The molecule has 3 aromatic rings. The molecule has 0 amide bonds. The first kappa shape index (κ1) is 11.8. The zero-order valence-corrected chi connectivity index (χ0v) is 10.7. The van der Waals surface area contributed by atoms with Crippen LogP contribution < -0.4 is 0 Å². The first-order chi connectivity index (χ1) is 9.26. The summed E-state index contributed by atoms with van der Waals surface area (Å²) in [7, 11) is 0. The standard InChI is InChI=1S/C10H8N6O2S/c1-6-8(15-18-14-6)5-19-10-12-9-11-2-7(4-17)3-16(9)13-10/h2-4H,5H2,1H3. The van der Waals surface area contributed by atoms with Gasteiger partial charge in [0.2, 0.25) is 5.16 Å². The lowest BCUT2D eigenvalue weighted by atomic mass is 10.4. The van der Waals surface area contributed by atoms with Gasteiger partial charge in [-0.2, -0.15) is 4.98 Å². The van der Waals surface area contributed by atoms with Crippen molar-refractivity contribution in [2.24, 2.45) is 0 Å². The zero-order chi connectivity index (χ0) is 13.2. The Hall–Kier alpha value is -2.29. The summed E-state index contributed by atoms with van der Waals surface area (Å²) < 4.78 is 6.08. The number of aryl methyl sites for hydroxylation is 1. The van der Waals surface area contributed by atoms with E-state index in [4.69, 9.17) is 0 Å². The number of thioether (sulfide) groups is 1. The lowest BCUT2D eigenvalue weighted by molar-refractivity contribution is 0.112. The molecular formula is C10H8N6O2S. The van der Waals surface area contributed by atoms with E-state index < -0.39 is 0 Å². The van der Waals surface area contributed by atoms with Gasteiger partial charge in [0.05, 0.1) is 5.56 Å². The third kappa shape index (κ3) is 2.32. The summed E-state index contributed by atoms with van der Waals surface area (Å²) in [5.74, 6) is 1.01. The average molecular weight is 276 g/mol. The summed E-state index contributed by atoms with van der Waals surface area (Å²) in [6.07, 6.45) is 3.75. The largest absolute Gasteiger partial charge is 0.298 e. The molecule has 9 heteroatoms. The molecule has 0 radical (unpaired) electrons. The number of fused-ring (bicyclic) bond motifs is 1. The molecule has 0 aromatic carbocycles. The molecule has 0 atom stereocenters. The fourth-order valence-electron chi connectivity index (χ4n) is 1.41. The predicted molar refractivity (Wildman–Crippen MR) is 64.8 cm³/mol. The van der Waals surface area contributed by atoms with Crippen LogP contribution in [0.2, 0.25) is 0 Å². The van der Waals surface area contributed by atoms with Crippen molar-refractivity contribution in [3.05, 3.63) is 29.3 Å². The van der Waals surface area contributed by atoms with Crippen molar-refractivity contribution in [1.29, 1.82) is 0 Å². The minimum Gasteiger partial charge on any atom is -0.298 e. The number of hydrogen-bond acceptors (Lipinski definition) is 8. The van der Waals surface area contributed by atoms with E-state index in [9.17, 15) is 4.79 Å². The van der Waals surface area contributed by atoms with Gasteiger partial charge in [0.1, 0.15) is 11.4 Å². The molecule has 3 heterocycles. The van der Waals surface area contributed by atoms with Gasteiger partial charge in [-0.3, -0.25) is 4.79 Å². The van der Waals surface area contributed by atoms with Crippen molar-refractivity contribution in [3.63, 3.8) is 0 Å². The van der Waals surface area contributed by atoms with Crippen LogP contribution >= 0.6 is 11.8 Å². The van der Waals surface area contributed by atoms with Crippen molar-refractivity contribution < 1.29 is 9.42 Å². The molecule has 8 nitrogen and oxygen atoms in total. The van der Waals surface area contributed by atoms with E-state index in [1.54, 1.807) is 6.20 Å². The molecule has 0 aliphatic carbocycles. The molecule has 3 rings (SSSR count). The Kier molecular flexibility index (Phi) is 2.95. The van der Waals surface area contributed by atoms with Gasteiger partial charge in [0.15, 0.2) is 6.29 Å². The van der Waals surface area contributed by atoms with Crippen molar-refractivity contribution in [2.75, 3.05) is 0 Å². The van der Waals surface area contributed by atoms with Crippen molar-refractivity contribution in [3.8, 4) is 0 Å². The summed E-state index contributed by atoms with van der Waals surface area (Å²) in [6, 6.07) is 0. The van der Waals surface area contributed by atoms with Gasteiger partial charge in [0, 0.05) is 18.1 Å². The Morgan fingerprint density at radius 1 is 1.47 bits per heavy atom. The third-order valence-corrected chi connectivity index (χ3v) is 3.26. The lowest BCUT2D eigenvalue weighted by Crippen LogP contribution is -1.93. The van der Waals surface area contributed by atoms with Gasteiger partial charge < -0.3 is 0 Å². The highest BCUT2D eigenvalue weighted by Crippen LogP contribution is 2.19. The molecule has 19 heavy (non-hydrogen) atoms. The van der Waals surface area contributed by atoms with Crippen molar-refractivity contribution >= 4 is 23.8 Å². The second kappa shape index (κ2) is 4.76. The topological polar surface area (TPSA) is 99.1 Å². The molecular weight excluding hydrogens is 268 g/mol. The summed E-state index contributed by atoms with van der Waals surface area (Å²) in [6.45, 7) is 1.82. The summed E-state index contributed by atoms with van der Waals surface area (Å²) in [5, 5.41) is 12.3. The number of aldehydes is 1. The fraction of sp³-hybridized carbons (Fsp3) is 0.200. The Bertz CT molecular complexity index is 737. The molecule has 0 spiro atoms. The van der Waals surface area contributed by atoms with Gasteiger partial charge in [0.25, 0.3) is 5.78 Å². The number of aromatic nitrogens is 6. The van der Waals surface area contributed by atoms with Crippen LogP contribution in [0.15, 0.2) is 22.2 Å². The van der Waals surface area contributed by atoms with Gasteiger partial charge in [-0.15, -0.1) is 5.10 Å². The molecule has 0 saturated heterocycles. The van der Waals surface area contributed by atoms with Gasteiger partial charge in [-0.25, -0.2) is 14.1 Å². The highest BCUT2D eigenvalue weighted by atomic mass is 32.2. The van der Waals surface area contributed by atoms with Gasteiger partial charge in [-0.1, -0.05) is 22.1 Å². The molecule has 3 aromatic heterocycles. The summed E-state index contributed by atoms with van der Waals surface area (Å²) in [5.41, 5.74) is 1.95. The third-order valence-electron chi connectivity index (χ3n) is 2.41. The molecule has 0 aliphatic heterocycles. The molecule has 0 fully saturated rings. The first-order valence-electron chi connectivity index (χ1n) is 5.34.